The molecule has 0 unspecified atom stereocenters. The van der Waals surface area contributed by atoms with Crippen LogP contribution in [0, 0.1) is 13.8 Å². The number of aromatic nitrogens is 3. The summed E-state index contributed by atoms with van der Waals surface area (Å²) in [6, 6.07) is 17.1. The highest BCUT2D eigenvalue weighted by molar-refractivity contribution is 7.13. The molecule has 0 spiro atoms. The molecule has 3 heterocycles. The number of hydrogen-bond acceptors (Lipinski definition) is 6. The Morgan fingerprint density at radius 3 is 2.71 bits per heavy atom. The van der Waals surface area contributed by atoms with Crippen LogP contribution in [0.3, 0.4) is 0 Å². The standard InChI is InChI=1S/C24H18N4O2S/c1-14-5-7-16(8-6-14)24-27-20(13-31-24)22-18-12-17(9-10-21(18)30-28-22)23(29)26-19-4-3-11-25-15(19)2/h3-13H,1-2H3,(H,26,29). The van der Waals surface area contributed by atoms with E-state index < -0.39 is 0 Å². The Morgan fingerprint density at radius 2 is 1.90 bits per heavy atom. The number of rotatable bonds is 4. The summed E-state index contributed by atoms with van der Waals surface area (Å²) < 4.78 is 5.48. The van der Waals surface area contributed by atoms with Crippen molar-refractivity contribution in [2.45, 2.75) is 13.8 Å². The van der Waals surface area contributed by atoms with Crippen LogP contribution >= 0.6 is 11.3 Å². The van der Waals surface area contributed by atoms with Crippen molar-refractivity contribution in [2.75, 3.05) is 5.32 Å². The van der Waals surface area contributed by atoms with E-state index in [9.17, 15) is 4.79 Å². The van der Waals surface area contributed by atoms with Gasteiger partial charge in [-0.3, -0.25) is 9.78 Å². The Morgan fingerprint density at radius 1 is 1.06 bits per heavy atom. The lowest BCUT2D eigenvalue weighted by Gasteiger charge is -2.07. The third-order valence-electron chi connectivity index (χ3n) is 5.03. The highest BCUT2D eigenvalue weighted by Gasteiger charge is 2.17. The van der Waals surface area contributed by atoms with Crippen LogP contribution in [0.25, 0.3) is 32.9 Å². The average molecular weight is 427 g/mol. The largest absolute Gasteiger partial charge is 0.356 e. The smallest absolute Gasteiger partial charge is 0.255 e. The minimum Gasteiger partial charge on any atom is -0.356 e. The van der Waals surface area contributed by atoms with Crippen molar-refractivity contribution < 1.29 is 9.32 Å². The van der Waals surface area contributed by atoms with Gasteiger partial charge in [-0.2, -0.15) is 0 Å². The molecule has 1 amide bonds. The highest BCUT2D eigenvalue weighted by atomic mass is 32.1. The summed E-state index contributed by atoms with van der Waals surface area (Å²) in [6.45, 7) is 3.91. The lowest BCUT2D eigenvalue weighted by molar-refractivity contribution is 0.102. The first kappa shape index (κ1) is 19.1. The van der Waals surface area contributed by atoms with Crippen molar-refractivity contribution in [3.8, 4) is 22.0 Å². The van der Waals surface area contributed by atoms with Gasteiger partial charge in [0.05, 0.1) is 16.8 Å². The van der Waals surface area contributed by atoms with Crippen LogP contribution < -0.4 is 5.32 Å². The summed E-state index contributed by atoms with van der Waals surface area (Å²) >= 11 is 1.55. The molecule has 3 aromatic heterocycles. The molecular formula is C24H18N4O2S. The molecule has 6 nitrogen and oxygen atoms in total. The van der Waals surface area contributed by atoms with E-state index in [4.69, 9.17) is 9.51 Å². The van der Waals surface area contributed by atoms with Gasteiger partial charge in [-0.15, -0.1) is 11.3 Å². The maximum Gasteiger partial charge on any atom is 0.255 e. The monoisotopic (exact) mass is 426 g/mol. The van der Waals surface area contributed by atoms with Gasteiger partial charge in [0.2, 0.25) is 0 Å². The molecule has 0 aliphatic rings. The third-order valence-corrected chi connectivity index (χ3v) is 5.92. The summed E-state index contributed by atoms with van der Waals surface area (Å²) in [5, 5.41) is 10.7. The van der Waals surface area contributed by atoms with Gasteiger partial charge in [0.1, 0.15) is 16.4 Å². The minimum atomic E-state index is -0.219. The second-order valence-electron chi connectivity index (χ2n) is 7.24. The zero-order chi connectivity index (χ0) is 21.4. The maximum absolute atomic E-state index is 12.8. The number of carbonyl (C=O) groups is 1. The number of fused-ring (bicyclic) bond motifs is 1. The number of nitrogens with zero attached hydrogens (tertiary/aromatic N) is 3. The zero-order valence-corrected chi connectivity index (χ0v) is 17.7. The van der Waals surface area contributed by atoms with E-state index in [0.29, 0.717) is 22.5 Å². The molecule has 0 atom stereocenters. The molecule has 0 aliphatic carbocycles. The summed E-state index contributed by atoms with van der Waals surface area (Å²) in [6.07, 6.45) is 1.69. The Kier molecular flexibility index (Phi) is 4.80. The van der Waals surface area contributed by atoms with Gasteiger partial charge >= 0.3 is 0 Å². The number of pyridine rings is 1. The van der Waals surface area contributed by atoms with E-state index in [1.165, 1.54) is 5.56 Å². The molecule has 7 heteroatoms. The van der Waals surface area contributed by atoms with Crippen LogP contribution in [0.2, 0.25) is 0 Å². The van der Waals surface area contributed by atoms with E-state index in [-0.39, 0.29) is 5.91 Å². The molecule has 5 aromatic rings. The van der Waals surface area contributed by atoms with Gasteiger partial charge in [0.25, 0.3) is 5.91 Å². The van der Waals surface area contributed by atoms with E-state index in [0.717, 1.165) is 27.3 Å². The average Bonchev–Trinajstić information content (AvgIpc) is 3.42. The number of benzene rings is 2. The Balaban J connectivity index is 1.48. The van der Waals surface area contributed by atoms with Crippen LogP contribution in [0.4, 0.5) is 5.69 Å². The fourth-order valence-corrected chi connectivity index (χ4v) is 4.10. The Hall–Kier alpha value is -3.84. The van der Waals surface area contributed by atoms with Gasteiger partial charge < -0.3 is 9.84 Å². The van der Waals surface area contributed by atoms with Crippen molar-refractivity contribution in [2.24, 2.45) is 0 Å². The first-order valence-electron chi connectivity index (χ1n) is 9.74. The highest BCUT2D eigenvalue weighted by Crippen LogP contribution is 2.33. The summed E-state index contributed by atoms with van der Waals surface area (Å²) in [4.78, 5) is 21.7. The van der Waals surface area contributed by atoms with Gasteiger partial charge in [-0.25, -0.2) is 4.98 Å². The number of aryl methyl sites for hydroxylation is 2. The van der Waals surface area contributed by atoms with Gasteiger partial charge in [0.15, 0.2) is 5.58 Å². The quantitative estimate of drug-likeness (QED) is 0.388. The second kappa shape index (κ2) is 7.77. The number of nitrogens with one attached hydrogen (secondary N) is 1. The first-order valence-corrected chi connectivity index (χ1v) is 10.6. The number of anilines is 1. The predicted octanol–water partition coefficient (Wildman–Crippen LogP) is 5.88. The van der Waals surface area contributed by atoms with Gasteiger partial charge in [-0.1, -0.05) is 35.0 Å². The van der Waals surface area contributed by atoms with Crippen molar-refractivity contribution in [3.63, 3.8) is 0 Å². The fraction of sp³-hybridized carbons (Fsp3) is 0.0833. The lowest BCUT2D eigenvalue weighted by atomic mass is 10.1. The molecule has 0 saturated carbocycles. The molecule has 152 valence electrons. The fourth-order valence-electron chi connectivity index (χ4n) is 3.29. The molecule has 31 heavy (non-hydrogen) atoms. The van der Waals surface area contributed by atoms with Crippen LogP contribution in [-0.2, 0) is 0 Å². The minimum absolute atomic E-state index is 0.219. The van der Waals surface area contributed by atoms with Crippen molar-refractivity contribution >= 4 is 33.9 Å². The van der Waals surface area contributed by atoms with E-state index >= 15 is 0 Å². The molecule has 2 aromatic carbocycles. The molecular weight excluding hydrogens is 408 g/mol. The molecule has 0 saturated heterocycles. The van der Waals surface area contributed by atoms with Crippen LogP contribution in [0.15, 0.2) is 70.7 Å². The number of thiazole rings is 1. The molecule has 0 bridgehead atoms. The van der Waals surface area contributed by atoms with Crippen LogP contribution in [-0.4, -0.2) is 21.0 Å². The zero-order valence-electron chi connectivity index (χ0n) is 16.9. The van der Waals surface area contributed by atoms with Gasteiger partial charge in [-0.05, 0) is 44.2 Å². The lowest BCUT2D eigenvalue weighted by Crippen LogP contribution is -2.13. The Labute approximate surface area is 182 Å². The van der Waals surface area contributed by atoms with Gasteiger partial charge in [0, 0.05) is 22.7 Å². The maximum atomic E-state index is 12.8. The normalized spacial score (nSPS) is 11.0. The Bertz CT molecular complexity index is 1400. The predicted molar refractivity (Wildman–Crippen MR) is 122 cm³/mol. The number of hydrogen-bond donors (Lipinski definition) is 1. The van der Waals surface area contributed by atoms with E-state index in [1.54, 1.807) is 41.8 Å². The molecule has 0 radical (unpaired) electrons. The molecule has 0 fully saturated rings. The summed E-state index contributed by atoms with van der Waals surface area (Å²) in [5.74, 6) is -0.219. The summed E-state index contributed by atoms with van der Waals surface area (Å²) in [5.41, 5.74) is 6.16. The number of carbonyl (C=O) groups excluding carboxylic acids is 1. The van der Waals surface area contributed by atoms with Crippen LogP contribution in [0.5, 0.6) is 0 Å². The SMILES string of the molecule is Cc1ccc(-c2nc(-c3noc4ccc(C(=O)Nc5cccnc5C)cc34)cs2)cc1. The first-order chi connectivity index (χ1) is 15.1. The molecule has 1 N–H and O–H groups in total. The van der Waals surface area contributed by atoms with Crippen molar-refractivity contribution in [1.29, 1.82) is 0 Å². The number of amides is 1. The van der Waals surface area contributed by atoms with Crippen molar-refractivity contribution in [1.82, 2.24) is 15.1 Å². The van der Waals surface area contributed by atoms with Crippen molar-refractivity contribution in [3.05, 3.63) is 83.0 Å². The van der Waals surface area contributed by atoms with Crippen LogP contribution in [0.1, 0.15) is 21.6 Å². The van der Waals surface area contributed by atoms with E-state index in [2.05, 4.69) is 46.6 Å². The summed E-state index contributed by atoms with van der Waals surface area (Å²) in [7, 11) is 0. The second-order valence-corrected chi connectivity index (χ2v) is 8.09. The third kappa shape index (κ3) is 3.71. The molecule has 5 rings (SSSR count). The molecule has 0 aliphatic heterocycles. The van der Waals surface area contributed by atoms with E-state index in [1.807, 2.05) is 18.4 Å². The topological polar surface area (TPSA) is 80.9 Å².